The van der Waals surface area contributed by atoms with Gasteiger partial charge in [0.1, 0.15) is 24.1 Å². The highest BCUT2D eigenvalue weighted by Gasteiger charge is 2.61. The normalized spacial score (nSPS) is 42.2. The van der Waals surface area contributed by atoms with Gasteiger partial charge in [0.25, 0.3) is 7.82 Å². The van der Waals surface area contributed by atoms with E-state index < -0.39 is 56.9 Å². The number of aliphatic hydroxyl groups is 3. The van der Waals surface area contributed by atoms with Crippen molar-refractivity contribution < 1.29 is 38.6 Å². The molecule has 5 aliphatic rings. The fourth-order valence-electron chi connectivity index (χ4n) is 10.8. The average Bonchev–Trinajstić information content (AvgIpc) is 3.52. The Hall–Kier alpha value is -1.63. The standard InChI is InChI=1S/C36H58N3O9P/c1-20(2)7-6-8-21(3)24-9-10-25-30-26(12-15-36(24,25)5)35(4)14-11-23(17-22(35)18-27(30)40)48-49(44,45)46-19-28-31(41)32(42)33(47-28)39-16-13-29(37)38-34(39)43/h13,16,18,20-21,23-28,30-33,40-42H,6-12,14-15,17,19H2,1-5H3,(H,44,45)(H2,37,38,43)/p-1/t21-,23-,24+,25-,26-,27-,28+,30-,31+,32-,33+,35-,36+/m0/s1. The van der Waals surface area contributed by atoms with Gasteiger partial charge in [0.2, 0.25) is 0 Å². The quantitative estimate of drug-likeness (QED) is 0.189. The number of anilines is 1. The van der Waals surface area contributed by atoms with Crippen LogP contribution >= 0.6 is 7.82 Å². The first kappa shape index (κ1) is 37.1. The molecule has 1 aliphatic heterocycles. The zero-order chi connectivity index (χ0) is 35.5. The van der Waals surface area contributed by atoms with Crippen molar-refractivity contribution >= 4 is 13.6 Å². The van der Waals surface area contributed by atoms with Gasteiger partial charge in [-0.25, -0.2) is 4.79 Å². The van der Waals surface area contributed by atoms with Gasteiger partial charge in [-0.2, -0.15) is 4.98 Å². The Morgan fingerprint density at radius 1 is 1.10 bits per heavy atom. The summed E-state index contributed by atoms with van der Waals surface area (Å²) in [5.74, 6) is 3.14. The lowest BCUT2D eigenvalue weighted by atomic mass is 9.46. The number of aromatic nitrogens is 2. The van der Waals surface area contributed by atoms with Gasteiger partial charge in [-0.15, -0.1) is 0 Å². The molecular weight excluding hydrogens is 649 g/mol. The van der Waals surface area contributed by atoms with Crippen LogP contribution in [0.15, 0.2) is 28.7 Å². The second-order valence-electron chi connectivity index (χ2n) is 16.7. The number of hydrogen-bond donors (Lipinski definition) is 4. The molecule has 4 fully saturated rings. The maximum Gasteiger partial charge on any atom is 0.351 e. The van der Waals surface area contributed by atoms with E-state index in [4.69, 9.17) is 19.5 Å². The van der Waals surface area contributed by atoms with Crippen molar-refractivity contribution in [2.75, 3.05) is 12.3 Å². The van der Waals surface area contributed by atoms with E-state index in [2.05, 4.69) is 39.6 Å². The topological polar surface area (TPSA) is 189 Å². The number of rotatable bonds is 11. The van der Waals surface area contributed by atoms with E-state index >= 15 is 0 Å². The number of phosphoric ester groups is 1. The zero-order valence-electron chi connectivity index (χ0n) is 29.6. The summed E-state index contributed by atoms with van der Waals surface area (Å²) in [5.41, 5.74) is 5.93. The minimum Gasteiger partial charge on any atom is -0.756 e. The van der Waals surface area contributed by atoms with Crippen LogP contribution in [0.5, 0.6) is 0 Å². The molecule has 12 nitrogen and oxygen atoms in total. The fourth-order valence-corrected chi connectivity index (χ4v) is 11.8. The fraction of sp³-hybridized carbons (Fsp3) is 0.833. The van der Waals surface area contributed by atoms with Crippen LogP contribution in [0.25, 0.3) is 0 Å². The summed E-state index contributed by atoms with van der Waals surface area (Å²) >= 11 is 0. The molecule has 1 aromatic rings. The molecule has 5 N–H and O–H groups in total. The molecule has 0 aromatic carbocycles. The Balaban J connectivity index is 1.07. The molecule has 0 radical (unpaired) electrons. The molecule has 1 unspecified atom stereocenters. The Bertz CT molecular complexity index is 1490. The maximum atomic E-state index is 13.0. The second kappa shape index (κ2) is 14.1. The summed E-state index contributed by atoms with van der Waals surface area (Å²) < 4.78 is 30.3. The molecule has 6 rings (SSSR count). The highest BCUT2D eigenvalue weighted by atomic mass is 31.2. The van der Waals surface area contributed by atoms with E-state index in [0.29, 0.717) is 36.5 Å². The second-order valence-corrected chi connectivity index (χ2v) is 18.1. The SMILES string of the molecule is CC(C)CCC[C@H](C)[C@H]1CC[C@H]2[C@@H]3[C@@H](O)C=C4C[C@@H](OP(=O)([O-])OC[C@H]5O[C@@H](n6ccc(N)nc6=O)[C@@H](O)[C@@H]5O)CC[C@]4(C)[C@H]3CC[C@]12C. The Labute approximate surface area is 290 Å². The van der Waals surface area contributed by atoms with Gasteiger partial charge >= 0.3 is 5.69 Å². The van der Waals surface area contributed by atoms with Gasteiger partial charge in [0, 0.05) is 6.20 Å². The molecule has 14 atom stereocenters. The Kier molecular flexibility index (Phi) is 10.7. The first-order chi connectivity index (χ1) is 23.0. The predicted octanol–water partition coefficient (Wildman–Crippen LogP) is 4.33. The third kappa shape index (κ3) is 7.10. The number of nitrogens with two attached hydrogens (primary N) is 1. The van der Waals surface area contributed by atoms with Gasteiger partial charge in [-0.3, -0.25) is 9.13 Å². The van der Waals surface area contributed by atoms with Crippen LogP contribution in [0.3, 0.4) is 0 Å². The van der Waals surface area contributed by atoms with Crippen molar-refractivity contribution in [1.29, 1.82) is 0 Å². The van der Waals surface area contributed by atoms with Crippen LogP contribution in [0, 0.1) is 46.3 Å². The van der Waals surface area contributed by atoms with E-state index in [1.807, 2.05) is 6.08 Å². The van der Waals surface area contributed by atoms with Gasteiger partial charge in [0.15, 0.2) is 6.23 Å². The number of ether oxygens (including phenoxy) is 1. The molecule has 49 heavy (non-hydrogen) atoms. The molecule has 1 saturated heterocycles. The first-order valence-electron chi connectivity index (χ1n) is 18.4. The smallest absolute Gasteiger partial charge is 0.351 e. The highest BCUT2D eigenvalue weighted by Crippen LogP contribution is 2.67. The lowest BCUT2D eigenvalue weighted by molar-refractivity contribution is -0.233. The lowest BCUT2D eigenvalue weighted by Gasteiger charge is -2.59. The summed E-state index contributed by atoms with van der Waals surface area (Å²) in [6, 6.07) is 1.34. The zero-order valence-corrected chi connectivity index (χ0v) is 30.5. The van der Waals surface area contributed by atoms with E-state index in [9.17, 15) is 29.6 Å². The number of nitrogen functional groups attached to an aromatic ring is 1. The van der Waals surface area contributed by atoms with Crippen molar-refractivity contribution in [1.82, 2.24) is 9.55 Å². The van der Waals surface area contributed by atoms with E-state index in [0.717, 1.165) is 28.9 Å². The Morgan fingerprint density at radius 3 is 2.57 bits per heavy atom. The maximum absolute atomic E-state index is 13.0. The molecule has 2 heterocycles. The third-order valence-corrected chi connectivity index (χ3v) is 14.4. The van der Waals surface area contributed by atoms with Crippen LogP contribution in [0.2, 0.25) is 0 Å². The highest BCUT2D eigenvalue weighted by molar-refractivity contribution is 7.45. The number of hydrogen-bond acceptors (Lipinski definition) is 11. The summed E-state index contributed by atoms with van der Waals surface area (Å²) in [6.45, 7) is 11.2. The van der Waals surface area contributed by atoms with Crippen molar-refractivity contribution in [3.63, 3.8) is 0 Å². The van der Waals surface area contributed by atoms with E-state index in [1.165, 1.54) is 50.8 Å². The summed E-state index contributed by atoms with van der Waals surface area (Å²) in [5, 5.41) is 32.7. The first-order valence-corrected chi connectivity index (χ1v) is 19.9. The number of aliphatic hydroxyl groups excluding tert-OH is 3. The number of nitrogens with zero attached hydrogens (tertiary/aromatic N) is 2. The van der Waals surface area contributed by atoms with E-state index in [1.54, 1.807) is 0 Å². The van der Waals surface area contributed by atoms with Crippen LogP contribution in [-0.4, -0.2) is 62.0 Å². The van der Waals surface area contributed by atoms with Gasteiger partial charge in [-0.05, 0) is 97.3 Å². The van der Waals surface area contributed by atoms with Crippen LogP contribution < -0.4 is 16.3 Å². The third-order valence-electron chi connectivity index (χ3n) is 13.4. The molecule has 4 aliphatic carbocycles. The number of phosphoric acid groups is 1. The number of fused-ring (bicyclic) bond motifs is 5. The largest absolute Gasteiger partial charge is 0.756 e. The predicted molar refractivity (Wildman–Crippen MR) is 182 cm³/mol. The van der Waals surface area contributed by atoms with Crippen LogP contribution in [0.4, 0.5) is 5.82 Å². The Morgan fingerprint density at radius 2 is 1.86 bits per heavy atom. The molecule has 3 saturated carbocycles. The minimum atomic E-state index is -4.84. The summed E-state index contributed by atoms with van der Waals surface area (Å²) in [7, 11) is -4.84. The van der Waals surface area contributed by atoms with Crippen molar-refractivity contribution in [2.24, 2.45) is 46.3 Å². The molecule has 0 spiro atoms. The molecular formula is C36H57N3O9P-. The van der Waals surface area contributed by atoms with Gasteiger partial charge in [0.05, 0.1) is 18.8 Å². The summed E-state index contributed by atoms with van der Waals surface area (Å²) in [4.78, 5) is 28.8. The van der Waals surface area contributed by atoms with Gasteiger partial charge < -0.3 is 39.7 Å². The van der Waals surface area contributed by atoms with Crippen molar-refractivity contribution in [3.05, 3.63) is 34.4 Å². The van der Waals surface area contributed by atoms with Crippen molar-refractivity contribution in [2.45, 2.75) is 136 Å². The lowest BCUT2D eigenvalue weighted by Crippen LogP contribution is -2.55. The minimum absolute atomic E-state index is 0.0124. The van der Waals surface area contributed by atoms with Crippen LogP contribution in [-0.2, 0) is 18.3 Å². The van der Waals surface area contributed by atoms with Gasteiger partial charge in [-0.1, -0.05) is 65.5 Å². The van der Waals surface area contributed by atoms with Crippen molar-refractivity contribution in [3.8, 4) is 0 Å². The molecule has 0 amide bonds. The monoisotopic (exact) mass is 706 g/mol. The average molecular weight is 707 g/mol. The molecule has 0 bridgehead atoms. The molecule has 1 aromatic heterocycles. The van der Waals surface area contributed by atoms with Crippen LogP contribution in [0.1, 0.15) is 105 Å². The van der Waals surface area contributed by atoms with E-state index in [-0.39, 0.29) is 22.6 Å². The molecule has 276 valence electrons. The molecule has 13 heteroatoms. The summed E-state index contributed by atoms with van der Waals surface area (Å²) in [6.07, 6.45) is 6.66.